The summed E-state index contributed by atoms with van der Waals surface area (Å²) in [5, 5.41) is 2.77. The van der Waals surface area contributed by atoms with Crippen molar-refractivity contribution in [1.29, 1.82) is 0 Å². The topological polar surface area (TPSA) is 12.0 Å². The number of hydrogen-bond donors (Lipinski definition) is 1. The standard InChI is InChI=1S/C15H12ClF4N/c1-9(21-13-7-3-6-12(16)14(13)17)10-4-2-5-11(8-10)15(18,19)20/h2-9,21H,1H3. The van der Waals surface area contributed by atoms with E-state index in [-0.39, 0.29) is 10.7 Å². The van der Waals surface area contributed by atoms with Crippen LogP contribution in [-0.4, -0.2) is 0 Å². The van der Waals surface area contributed by atoms with Gasteiger partial charge in [0, 0.05) is 6.04 Å². The van der Waals surface area contributed by atoms with E-state index in [1.165, 1.54) is 18.2 Å². The minimum atomic E-state index is -4.41. The predicted molar refractivity (Wildman–Crippen MR) is 74.9 cm³/mol. The van der Waals surface area contributed by atoms with E-state index < -0.39 is 23.6 Å². The third kappa shape index (κ3) is 3.67. The van der Waals surface area contributed by atoms with Crippen LogP contribution in [0, 0.1) is 5.82 Å². The van der Waals surface area contributed by atoms with Gasteiger partial charge in [-0.2, -0.15) is 13.2 Å². The Morgan fingerprint density at radius 1 is 1.10 bits per heavy atom. The lowest BCUT2D eigenvalue weighted by Crippen LogP contribution is -2.11. The van der Waals surface area contributed by atoms with Crippen molar-refractivity contribution in [1.82, 2.24) is 0 Å². The smallest absolute Gasteiger partial charge is 0.376 e. The molecule has 2 aromatic rings. The maximum absolute atomic E-state index is 13.8. The quantitative estimate of drug-likeness (QED) is 0.719. The maximum Gasteiger partial charge on any atom is 0.416 e. The van der Waals surface area contributed by atoms with Crippen molar-refractivity contribution in [2.45, 2.75) is 19.1 Å². The molecule has 2 aromatic carbocycles. The summed E-state index contributed by atoms with van der Waals surface area (Å²) in [6, 6.07) is 8.85. The third-order valence-electron chi connectivity index (χ3n) is 3.04. The van der Waals surface area contributed by atoms with E-state index in [0.717, 1.165) is 12.1 Å². The first-order chi connectivity index (χ1) is 9.79. The van der Waals surface area contributed by atoms with Crippen LogP contribution in [0.3, 0.4) is 0 Å². The van der Waals surface area contributed by atoms with Crippen LogP contribution in [0.25, 0.3) is 0 Å². The molecular formula is C15H12ClF4N. The van der Waals surface area contributed by atoms with Crippen molar-refractivity contribution in [3.8, 4) is 0 Å². The Labute approximate surface area is 124 Å². The first kappa shape index (κ1) is 15.6. The van der Waals surface area contributed by atoms with E-state index in [0.29, 0.717) is 5.56 Å². The number of rotatable bonds is 3. The molecule has 1 atom stereocenters. The highest BCUT2D eigenvalue weighted by atomic mass is 35.5. The molecule has 0 aliphatic heterocycles. The van der Waals surface area contributed by atoms with Gasteiger partial charge in [0.1, 0.15) is 0 Å². The summed E-state index contributed by atoms with van der Waals surface area (Å²) in [4.78, 5) is 0. The lowest BCUT2D eigenvalue weighted by molar-refractivity contribution is -0.137. The van der Waals surface area contributed by atoms with Crippen LogP contribution in [0.5, 0.6) is 0 Å². The second kappa shape index (κ2) is 5.93. The number of alkyl halides is 3. The lowest BCUT2D eigenvalue weighted by Gasteiger charge is -2.18. The maximum atomic E-state index is 13.8. The van der Waals surface area contributed by atoms with Crippen LogP contribution < -0.4 is 5.32 Å². The van der Waals surface area contributed by atoms with Crippen LogP contribution in [0.1, 0.15) is 24.1 Å². The van der Waals surface area contributed by atoms with Gasteiger partial charge in [0.15, 0.2) is 5.82 Å². The number of hydrogen-bond acceptors (Lipinski definition) is 1. The van der Waals surface area contributed by atoms with Gasteiger partial charge in [0.2, 0.25) is 0 Å². The van der Waals surface area contributed by atoms with Crippen LogP contribution in [0.15, 0.2) is 42.5 Å². The Balaban J connectivity index is 2.25. The second-order valence-corrected chi connectivity index (χ2v) is 5.00. The molecule has 0 spiro atoms. The van der Waals surface area contributed by atoms with Crippen LogP contribution >= 0.6 is 11.6 Å². The molecule has 6 heteroatoms. The van der Waals surface area contributed by atoms with Gasteiger partial charge in [0.05, 0.1) is 16.3 Å². The van der Waals surface area contributed by atoms with Gasteiger partial charge >= 0.3 is 6.18 Å². The largest absolute Gasteiger partial charge is 0.416 e. The molecule has 2 rings (SSSR count). The summed E-state index contributed by atoms with van der Waals surface area (Å²) >= 11 is 5.66. The van der Waals surface area contributed by atoms with E-state index >= 15 is 0 Å². The molecule has 0 aliphatic carbocycles. The molecule has 1 N–H and O–H groups in total. The average molecular weight is 318 g/mol. The number of nitrogens with one attached hydrogen (secondary N) is 1. The molecule has 0 saturated carbocycles. The van der Waals surface area contributed by atoms with Gasteiger partial charge in [0.25, 0.3) is 0 Å². The minimum Gasteiger partial charge on any atom is -0.376 e. The number of anilines is 1. The molecule has 0 radical (unpaired) electrons. The normalized spacial score (nSPS) is 13.0. The van der Waals surface area contributed by atoms with Crippen molar-refractivity contribution in [3.05, 3.63) is 64.4 Å². The molecule has 0 saturated heterocycles. The highest BCUT2D eigenvalue weighted by Gasteiger charge is 2.30. The first-order valence-corrected chi connectivity index (χ1v) is 6.54. The molecule has 0 heterocycles. The fraction of sp³-hybridized carbons (Fsp3) is 0.200. The summed E-state index contributed by atoms with van der Waals surface area (Å²) in [7, 11) is 0. The van der Waals surface area contributed by atoms with E-state index in [4.69, 9.17) is 11.6 Å². The average Bonchev–Trinajstić information content (AvgIpc) is 2.43. The third-order valence-corrected chi connectivity index (χ3v) is 3.33. The first-order valence-electron chi connectivity index (χ1n) is 6.16. The van der Waals surface area contributed by atoms with Crippen LogP contribution in [0.4, 0.5) is 23.2 Å². The summed E-state index contributed by atoms with van der Waals surface area (Å²) in [5.74, 6) is -0.627. The highest BCUT2D eigenvalue weighted by molar-refractivity contribution is 6.31. The van der Waals surface area contributed by atoms with Crippen LogP contribution in [-0.2, 0) is 6.18 Å². The molecule has 0 aliphatic rings. The lowest BCUT2D eigenvalue weighted by atomic mass is 10.0. The van der Waals surface area contributed by atoms with E-state index in [1.807, 2.05) is 0 Å². The molecule has 0 bridgehead atoms. The van der Waals surface area contributed by atoms with Gasteiger partial charge in [-0.1, -0.05) is 29.8 Å². The Morgan fingerprint density at radius 2 is 1.76 bits per heavy atom. The number of benzene rings is 2. The van der Waals surface area contributed by atoms with Gasteiger partial charge in [-0.25, -0.2) is 4.39 Å². The summed E-state index contributed by atoms with van der Waals surface area (Å²) in [6.07, 6.45) is -4.41. The monoisotopic (exact) mass is 317 g/mol. The molecule has 0 fully saturated rings. The van der Waals surface area contributed by atoms with Crippen molar-refractivity contribution in [2.75, 3.05) is 5.32 Å². The molecule has 0 amide bonds. The fourth-order valence-corrected chi connectivity index (χ4v) is 2.09. The fourth-order valence-electron chi connectivity index (χ4n) is 1.92. The molecule has 112 valence electrons. The summed E-state index contributed by atoms with van der Waals surface area (Å²) in [5.41, 5.74) is -0.183. The number of halogens is 5. The zero-order valence-electron chi connectivity index (χ0n) is 11.0. The molecule has 1 unspecified atom stereocenters. The van der Waals surface area contributed by atoms with Crippen molar-refractivity contribution in [3.63, 3.8) is 0 Å². The molecule has 1 nitrogen and oxygen atoms in total. The van der Waals surface area contributed by atoms with E-state index in [2.05, 4.69) is 5.32 Å². The van der Waals surface area contributed by atoms with Gasteiger partial charge in [-0.3, -0.25) is 0 Å². The summed E-state index contributed by atoms with van der Waals surface area (Å²) < 4.78 is 51.8. The zero-order chi connectivity index (χ0) is 15.6. The van der Waals surface area contributed by atoms with Gasteiger partial charge in [-0.05, 0) is 36.8 Å². The SMILES string of the molecule is CC(Nc1cccc(Cl)c1F)c1cccc(C(F)(F)F)c1. The zero-order valence-corrected chi connectivity index (χ0v) is 11.8. The summed E-state index contributed by atoms with van der Waals surface area (Å²) in [6.45, 7) is 1.65. The van der Waals surface area contributed by atoms with Crippen molar-refractivity contribution < 1.29 is 17.6 Å². The predicted octanol–water partition coefficient (Wildman–Crippen LogP) is 5.67. The Bertz CT molecular complexity index is 640. The Morgan fingerprint density at radius 3 is 2.43 bits per heavy atom. The van der Waals surface area contributed by atoms with Gasteiger partial charge in [-0.15, -0.1) is 0 Å². The Kier molecular flexibility index (Phi) is 4.42. The van der Waals surface area contributed by atoms with Crippen molar-refractivity contribution in [2.24, 2.45) is 0 Å². The highest BCUT2D eigenvalue weighted by Crippen LogP contribution is 2.32. The molecular weight excluding hydrogens is 306 g/mol. The Hall–Kier alpha value is -1.75. The van der Waals surface area contributed by atoms with E-state index in [1.54, 1.807) is 19.1 Å². The van der Waals surface area contributed by atoms with Crippen molar-refractivity contribution >= 4 is 17.3 Å². The van der Waals surface area contributed by atoms with E-state index in [9.17, 15) is 17.6 Å². The van der Waals surface area contributed by atoms with Crippen LogP contribution in [0.2, 0.25) is 5.02 Å². The molecule has 21 heavy (non-hydrogen) atoms. The second-order valence-electron chi connectivity index (χ2n) is 4.59. The molecule has 0 aromatic heterocycles. The van der Waals surface area contributed by atoms with Gasteiger partial charge < -0.3 is 5.32 Å². The minimum absolute atomic E-state index is 0.0451.